The number of rotatable bonds is 5. The minimum atomic E-state index is -3.42. The molecule has 0 radical (unpaired) electrons. The Hall–Kier alpha value is -3.00. The fourth-order valence-electron chi connectivity index (χ4n) is 2.44. The third kappa shape index (κ3) is 4.22. The minimum Gasteiger partial charge on any atom is -0.455 e. The van der Waals surface area contributed by atoms with Gasteiger partial charge in [0.15, 0.2) is 15.6 Å². The highest BCUT2D eigenvalue weighted by Gasteiger charge is 2.17. The highest BCUT2D eigenvalue weighted by molar-refractivity contribution is 7.90. The maximum Gasteiger partial charge on any atom is 0.338 e. The lowest BCUT2D eigenvalue weighted by Gasteiger charge is -2.05. The van der Waals surface area contributed by atoms with Crippen LogP contribution in [-0.4, -0.2) is 25.8 Å². The lowest BCUT2D eigenvalue weighted by Crippen LogP contribution is -2.07. The van der Waals surface area contributed by atoms with Crippen molar-refractivity contribution in [3.63, 3.8) is 0 Å². The molecule has 0 aliphatic carbocycles. The van der Waals surface area contributed by atoms with E-state index in [0.29, 0.717) is 22.6 Å². The van der Waals surface area contributed by atoms with E-state index in [1.165, 1.54) is 36.4 Å². The Morgan fingerprint density at radius 3 is 2.56 bits per heavy atom. The molecule has 0 aliphatic rings. The van der Waals surface area contributed by atoms with Crippen LogP contribution in [0.3, 0.4) is 0 Å². The van der Waals surface area contributed by atoms with Crippen molar-refractivity contribution in [1.82, 2.24) is 5.16 Å². The largest absolute Gasteiger partial charge is 0.455 e. The zero-order chi connectivity index (χ0) is 19.6. The first-order valence-electron chi connectivity index (χ1n) is 7.94. The first kappa shape index (κ1) is 18.8. The van der Waals surface area contributed by atoms with Crippen LogP contribution < -0.4 is 0 Å². The summed E-state index contributed by atoms with van der Waals surface area (Å²) in [5.41, 5.74) is 1.86. The average Bonchev–Trinajstić information content (AvgIpc) is 3.00. The Balaban J connectivity index is 1.74. The number of ether oxygens (including phenoxy) is 1. The Bertz CT molecular complexity index is 1090. The van der Waals surface area contributed by atoms with Crippen molar-refractivity contribution in [3.8, 4) is 11.3 Å². The second-order valence-electron chi connectivity index (χ2n) is 5.97. The fourth-order valence-corrected chi connectivity index (χ4v) is 3.11. The number of nitrogens with zero attached hydrogens (tertiary/aromatic N) is 1. The summed E-state index contributed by atoms with van der Waals surface area (Å²) in [4.78, 5) is 12.2. The van der Waals surface area contributed by atoms with Crippen LogP contribution >= 0.6 is 0 Å². The zero-order valence-corrected chi connectivity index (χ0v) is 15.4. The molecule has 2 aromatic carbocycles. The molecule has 1 heterocycles. The molecule has 0 aliphatic heterocycles. The number of aromatic nitrogens is 1. The topological polar surface area (TPSA) is 86.5 Å². The van der Waals surface area contributed by atoms with Gasteiger partial charge in [-0.3, -0.25) is 0 Å². The minimum absolute atomic E-state index is 0.0353. The van der Waals surface area contributed by atoms with Crippen molar-refractivity contribution in [2.45, 2.75) is 18.4 Å². The van der Waals surface area contributed by atoms with E-state index in [1.807, 2.05) is 0 Å². The second kappa shape index (κ2) is 7.32. The van der Waals surface area contributed by atoms with Crippen molar-refractivity contribution in [2.24, 2.45) is 0 Å². The van der Waals surface area contributed by atoms with Crippen LogP contribution in [0.1, 0.15) is 21.6 Å². The standard InChI is InChI=1S/C19H16FNO5S/c1-12-17(21-26-18(12)13-6-8-15(20)9-7-13)11-25-19(22)14-4-3-5-16(10-14)27(2,23)24/h3-10H,11H2,1-2H3. The van der Waals surface area contributed by atoms with E-state index in [0.717, 1.165) is 6.26 Å². The molecule has 27 heavy (non-hydrogen) atoms. The number of esters is 1. The van der Waals surface area contributed by atoms with Crippen molar-refractivity contribution in [2.75, 3.05) is 6.26 Å². The van der Waals surface area contributed by atoms with Crippen LogP contribution in [0.5, 0.6) is 0 Å². The lowest BCUT2D eigenvalue weighted by atomic mass is 10.1. The van der Waals surface area contributed by atoms with Gasteiger partial charge in [-0.25, -0.2) is 17.6 Å². The lowest BCUT2D eigenvalue weighted by molar-refractivity contribution is 0.0463. The van der Waals surface area contributed by atoms with Crippen LogP contribution in [0.4, 0.5) is 4.39 Å². The summed E-state index contributed by atoms with van der Waals surface area (Å²) in [6.07, 6.45) is 1.06. The Kier molecular flexibility index (Phi) is 5.09. The van der Waals surface area contributed by atoms with Gasteiger partial charge < -0.3 is 9.26 Å². The molecule has 0 saturated heterocycles. The van der Waals surface area contributed by atoms with Gasteiger partial charge in [-0.05, 0) is 49.4 Å². The predicted molar refractivity (Wildman–Crippen MR) is 95.3 cm³/mol. The summed E-state index contributed by atoms with van der Waals surface area (Å²) >= 11 is 0. The highest BCUT2D eigenvalue weighted by Crippen LogP contribution is 2.26. The Labute approximate surface area is 155 Å². The summed E-state index contributed by atoms with van der Waals surface area (Å²) in [6, 6.07) is 11.4. The number of benzene rings is 2. The maximum atomic E-state index is 13.0. The summed E-state index contributed by atoms with van der Waals surface area (Å²) in [7, 11) is -3.42. The molecule has 1 aromatic heterocycles. The third-order valence-corrected chi connectivity index (χ3v) is 5.08. The maximum absolute atomic E-state index is 13.0. The molecule has 140 valence electrons. The molecule has 0 atom stereocenters. The first-order chi connectivity index (χ1) is 12.8. The second-order valence-corrected chi connectivity index (χ2v) is 7.98. The molecule has 6 nitrogen and oxygen atoms in total. The molecule has 0 fully saturated rings. The normalized spacial score (nSPS) is 11.4. The van der Waals surface area contributed by atoms with Crippen LogP contribution in [0.25, 0.3) is 11.3 Å². The molecule has 0 N–H and O–H groups in total. The van der Waals surface area contributed by atoms with Gasteiger partial charge in [0, 0.05) is 17.4 Å². The molecule has 0 unspecified atom stereocenters. The Morgan fingerprint density at radius 1 is 1.19 bits per heavy atom. The van der Waals surface area contributed by atoms with E-state index in [-0.39, 0.29) is 22.9 Å². The van der Waals surface area contributed by atoms with E-state index in [1.54, 1.807) is 19.1 Å². The van der Waals surface area contributed by atoms with Gasteiger partial charge >= 0.3 is 5.97 Å². The summed E-state index contributed by atoms with van der Waals surface area (Å²) in [5.74, 6) is -0.576. The predicted octanol–water partition coefficient (Wildman–Crippen LogP) is 3.55. The molecule has 8 heteroatoms. The first-order valence-corrected chi connectivity index (χ1v) is 9.83. The number of sulfone groups is 1. The quantitative estimate of drug-likeness (QED) is 0.620. The SMILES string of the molecule is Cc1c(COC(=O)c2cccc(S(C)(=O)=O)c2)noc1-c1ccc(F)cc1. The molecular weight excluding hydrogens is 373 g/mol. The van der Waals surface area contributed by atoms with Gasteiger partial charge in [0.25, 0.3) is 0 Å². The number of carbonyl (C=O) groups is 1. The third-order valence-electron chi connectivity index (χ3n) is 3.96. The summed E-state index contributed by atoms with van der Waals surface area (Å²) in [5, 5.41) is 3.90. The number of halogens is 1. The zero-order valence-electron chi connectivity index (χ0n) is 14.6. The number of hydrogen-bond donors (Lipinski definition) is 0. The van der Waals surface area contributed by atoms with E-state index in [4.69, 9.17) is 9.26 Å². The molecular formula is C19H16FNO5S. The van der Waals surface area contributed by atoms with E-state index in [2.05, 4.69) is 5.16 Å². The molecule has 3 aromatic rings. The van der Waals surface area contributed by atoms with Gasteiger partial charge in [-0.2, -0.15) is 0 Å². The van der Waals surface area contributed by atoms with E-state index >= 15 is 0 Å². The van der Waals surface area contributed by atoms with Crippen molar-refractivity contribution >= 4 is 15.8 Å². The monoisotopic (exact) mass is 389 g/mol. The van der Waals surface area contributed by atoms with Crippen molar-refractivity contribution in [1.29, 1.82) is 0 Å². The van der Waals surface area contributed by atoms with E-state index in [9.17, 15) is 17.6 Å². The molecule has 0 spiro atoms. The number of carbonyl (C=O) groups excluding carboxylic acids is 1. The summed E-state index contributed by atoms with van der Waals surface area (Å²) < 4.78 is 46.7. The van der Waals surface area contributed by atoms with Crippen molar-refractivity contribution < 1.29 is 26.9 Å². The van der Waals surface area contributed by atoms with Gasteiger partial charge in [0.05, 0.1) is 10.5 Å². The average molecular weight is 389 g/mol. The van der Waals surface area contributed by atoms with Gasteiger partial charge in [0.2, 0.25) is 0 Å². The highest BCUT2D eigenvalue weighted by atomic mass is 32.2. The molecule has 3 rings (SSSR count). The van der Waals surface area contributed by atoms with Crippen LogP contribution in [0.2, 0.25) is 0 Å². The van der Waals surface area contributed by atoms with Gasteiger partial charge in [0.1, 0.15) is 18.1 Å². The van der Waals surface area contributed by atoms with Crippen LogP contribution in [0, 0.1) is 12.7 Å². The molecule has 0 amide bonds. The molecule has 0 bridgehead atoms. The Morgan fingerprint density at radius 2 is 1.89 bits per heavy atom. The smallest absolute Gasteiger partial charge is 0.338 e. The van der Waals surface area contributed by atoms with E-state index < -0.39 is 15.8 Å². The van der Waals surface area contributed by atoms with Gasteiger partial charge in [-0.15, -0.1) is 0 Å². The fraction of sp³-hybridized carbons (Fsp3) is 0.158. The molecule has 0 saturated carbocycles. The van der Waals surface area contributed by atoms with Crippen molar-refractivity contribution in [3.05, 3.63) is 71.2 Å². The van der Waals surface area contributed by atoms with Crippen LogP contribution in [-0.2, 0) is 21.2 Å². The van der Waals surface area contributed by atoms with Gasteiger partial charge in [-0.1, -0.05) is 11.2 Å². The van der Waals surface area contributed by atoms with Crippen LogP contribution in [0.15, 0.2) is 57.9 Å². The summed E-state index contributed by atoms with van der Waals surface area (Å²) in [6.45, 7) is 1.61. The number of hydrogen-bond acceptors (Lipinski definition) is 6.